The van der Waals surface area contributed by atoms with Crippen molar-refractivity contribution in [3.63, 3.8) is 0 Å². The Hall–Kier alpha value is -0.360. The van der Waals surface area contributed by atoms with Gasteiger partial charge in [-0.2, -0.15) is 13.2 Å². The van der Waals surface area contributed by atoms with E-state index in [1.165, 1.54) is 0 Å². The fourth-order valence-electron chi connectivity index (χ4n) is 0.887. The Morgan fingerprint density at radius 3 is 1.12 bits per heavy atom. The Kier molecular flexibility index (Phi) is 3.75. The van der Waals surface area contributed by atoms with E-state index in [4.69, 9.17) is 0 Å². The molecule has 16 heavy (non-hydrogen) atoms. The van der Waals surface area contributed by atoms with Crippen molar-refractivity contribution in [3.05, 3.63) is 0 Å². The van der Waals surface area contributed by atoms with Gasteiger partial charge in [0.1, 0.15) is 0 Å². The van der Waals surface area contributed by atoms with Gasteiger partial charge in [0.25, 0.3) is 13.8 Å². The van der Waals surface area contributed by atoms with Gasteiger partial charge in [0.2, 0.25) is 0 Å². The molecule has 0 N–H and O–H groups in total. The monoisotopic (exact) mass is 304 g/mol. The van der Waals surface area contributed by atoms with Gasteiger partial charge in [0, 0.05) is 12.5 Å². The van der Waals surface area contributed by atoms with Crippen molar-refractivity contribution in [2.45, 2.75) is 9.42 Å². The summed E-state index contributed by atoms with van der Waals surface area (Å²) in [6, 6.07) is 0. The minimum Gasteiger partial charge on any atom is -0.227 e. The third kappa shape index (κ3) is 3.07. The Morgan fingerprint density at radius 2 is 1.06 bits per heavy atom. The van der Waals surface area contributed by atoms with Gasteiger partial charge in [-0.05, 0) is 0 Å². The fraction of sp³-hybridized carbons (Fsp3) is 1.00. The first-order valence-electron chi connectivity index (χ1n) is 3.29. The van der Waals surface area contributed by atoms with Crippen molar-refractivity contribution < 1.29 is 38.4 Å². The molecule has 0 aromatic carbocycles. The topological polar surface area (TPSA) is 102 Å². The summed E-state index contributed by atoms with van der Waals surface area (Å²) in [6.45, 7) is 0. The van der Waals surface area contributed by atoms with E-state index in [0.29, 0.717) is 0 Å². The summed E-state index contributed by atoms with van der Waals surface area (Å²) in [5, 5.41) is 0. The van der Waals surface area contributed by atoms with Crippen molar-refractivity contribution in [2.24, 2.45) is 0 Å². The highest BCUT2D eigenvalue weighted by molar-refractivity contribution is 8.24. The Morgan fingerprint density at radius 1 is 0.812 bits per heavy atom. The first kappa shape index (κ1) is 15.6. The summed E-state index contributed by atoms with van der Waals surface area (Å²) in [4.78, 5) is 0. The van der Waals surface area contributed by atoms with Crippen LogP contribution in [0.1, 0.15) is 0 Å². The van der Waals surface area contributed by atoms with E-state index in [0.717, 1.165) is 0 Å². The fourth-order valence-corrected chi connectivity index (χ4v) is 7.98. The van der Waals surface area contributed by atoms with Crippen LogP contribution in [-0.2, 0) is 29.5 Å². The Bertz CT molecular complexity index is 533. The molecule has 0 aromatic rings. The van der Waals surface area contributed by atoms with Gasteiger partial charge in [0.05, 0.1) is 0 Å². The van der Waals surface area contributed by atoms with Crippen LogP contribution < -0.4 is 0 Å². The molecule has 0 saturated heterocycles. The van der Waals surface area contributed by atoms with Crippen LogP contribution in [0.15, 0.2) is 0 Å². The maximum atomic E-state index is 12.0. The molecule has 0 aromatic heterocycles. The van der Waals surface area contributed by atoms with Crippen LogP contribution in [0, 0.1) is 0 Å². The third-order valence-corrected chi connectivity index (χ3v) is 9.54. The molecule has 0 aliphatic carbocycles. The van der Waals surface area contributed by atoms with Crippen molar-refractivity contribution in [1.82, 2.24) is 0 Å². The minimum atomic E-state index is -6.33. The summed E-state index contributed by atoms with van der Waals surface area (Å²) in [6.07, 6.45) is 0.198. The molecule has 0 fully saturated rings. The lowest BCUT2D eigenvalue weighted by atomic mass is 11.6. The van der Waals surface area contributed by atoms with Crippen molar-refractivity contribution in [1.29, 1.82) is 0 Å². The summed E-state index contributed by atoms with van der Waals surface area (Å²) in [5.41, 5.74) is -5.95. The highest BCUT2D eigenvalue weighted by Crippen LogP contribution is 2.31. The summed E-state index contributed by atoms with van der Waals surface area (Å²) >= 11 is 0. The van der Waals surface area contributed by atoms with Crippen LogP contribution in [0.25, 0.3) is 0 Å². The molecule has 0 amide bonds. The van der Waals surface area contributed by atoms with E-state index in [1.54, 1.807) is 0 Å². The molecule has 12 heteroatoms. The second kappa shape index (κ2) is 3.84. The largest absolute Gasteiger partial charge is 0.499 e. The van der Waals surface area contributed by atoms with E-state index in [9.17, 15) is 38.4 Å². The van der Waals surface area contributed by atoms with E-state index in [2.05, 4.69) is 0 Å². The summed E-state index contributed by atoms with van der Waals surface area (Å²) in [5.74, 6) is 0. The molecule has 0 rings (SSSR count). The first-order valence-corrected chi connectivity index (χ1v) is 8.75. The zero-order valence-electron chi connectivity index (χ0n) is 7.89. The predicted molar refractivity (Wildman–Crippen MR) is 48.5 cm³/mol. The third-order valence-electron chi connectivity index (χ3n) is 1.28. The van der Waals surface area contributed by atoms with E-state index >= 15 is 0 Å². The van der Waals surface area contributed by atoms with Crippen molar-refractivity contribution in [2.75, 3.05) is 12.5 Å². The van der Waals surface area contributed by atoms with E-state index in [1.807, 2.05) is 0 Å². The predicted octanol–water partition coefficient (Wildman–Crippen LogP) is -0.706. The standard InChI is InChI=1S/C4H7F3O6S3/c1-14(8,9)3(15(2,10)11)16(12,13)4(5,6)7/h3H,1-2H3. The second-order valence-corrected chi connectivity index (χ2v) is 10.1. The molecule has 0 aliphatic rings. The van der Waals surface area contributed by atoms with Gasteiger partial charge in [-0.1, -0.05) is 0 Å². The zero-order valence-corrected chi connectivity index (χ0v) is 10.3. The van der Waals surface area contributed by atoms with Gasteiger partial charge < -0.3 is 0 Å². The number of alkyl halides is 3. The molecule has 0 aliphatic heterocycles. The molecule has 0 radical (unpaired) electrons. The normalized spacial score (nSPS) is 15.4. The second-order valence-electron chi connectivity index (χ2n) is 2.94. The van der Waals surface area contributed by atoms with Gasteiger partial charge >= 0.3 is 5.51 Å². The van der Waals surface area contributed by atoms with Gasteiger partial charge in [-0.15, -0.1) is 0 Å². The van der Waals surface area contributed by atoms with Gasteiger partial charge in [0.15, 0.2) is 19.7 Å². The van der Waals surface area contributed by atoms with Crippen molar-refractivity contribution >= 4 is 29.5 Å². The lowest BCUT2D eigenvalue weighted by Gasteiger charge is -2.15. The molecule has 0 saturated carbocycles. The van der Waals surface area contributed by atoms with Crippen LogP contribution in [0.3, 0.4) is 0 Å². The highest BCUT2D eigenvalue weighted by atomic mass is 32.3. The number of rotatable bonds is 3. The summed E-state index contributed by atoms with van der Waals surface area (Å²) < 4.78 is 97.3. The molecule has 98 valence electrons. The van der Waals surface area contributed by atoms with Crippen LogP contribution in [-0.4, -0.2) is 47.2 Å². The molecule has 0 heterocycles. The molecule has 0 bridgehead atoms. The molecule has 0 unspecified atom stereocenters. The number of halogens is 3. The Balaban J connectivity index is 6.22. The lowest BCUT2D eigenvalue weighted by molar-refractivity contribution is -0.0434. The molecular weight excluding hydrogens is 297 g/mol. The number of hydrogen-bond donors (Lipinski definition) is 0. The number of sulfone groups is 3. The maximum Gasteiger partial charge on any atom is 0.499 e. The van der Waals surface area contributed by atoms with E-state index in [-0.39, 0.29) is 12.5 Å². The molecular formula is C4H7F3O6S3. The zero-order chi connectivity index (χ0) is 13.6. The minimum absolute atomic E-state index is 0.0992. The van der Waals surface area contributed by atoms with Crippen LogP contribution in [0.4, 0.5) is 13.2 Å². The smallest absolute Gasteiger partial charge is 0.227 e. The van der Waals surface area contributed by atoms with Gasteiger partial charge in [-0.3, -0.25) is 0 Å². The quantitative estimate of drug-likeness (QED) is 0.682. The summed E-state index contributed by atoms with van der Waals surface area (Å²) in [7, 11) is -16.2. The SMILES string of the molecule is CS(=O)(=O)C(S(C)(=O)=O)S(=O)(=O)C(F)(F)F. The average molecular weight is 304 g/mol. The van der Waals surface area contributed by atoms with Crippen LogP contribution in [0.5, 0.6) is 0 Å². The Labute approximate surface area is 90.2 Å². The van der Waals surface area contributed by atoms with E-state index < -0.39 is 38.9 Å². The lowest BCUT2D eigenvalue weighted by Crippen LogP contribution is -2.43. The highest BCUT2D eigenvalue weighted by Gasteiger charge is 2.58. The maximum absolute atomic E-state index is 12.0. The van der Waals surface area contributed by atoms with Crippen LogP contribution >= 0.6 is 0 Å². The number of hydrogen-bond acceptors (Lipinski definition) is 6. The molecule has 0 spiro atoms. The first-order chi connectivity index (χ1) is 6.62. The molecule has 6 nitrogen and oxygen atoms in total. The van der Waals surface area contributed by atoms with Gasteiger partial charge in [-0.25, -0.2) is 25.3 Å². The van der Waals surface area contributed by atoms with Crippen LogP contribution in [0.2, 0.25) is 0 Å². The average Bonchev–Trinajstić information content (AvgIpc) is 1.72. The van der Waals surface area contributed by atoms with Crippen molar-refractivity contribution in [3.8, 4) is 0 Å². The molecule has 0 atom stereocenters.